The van der Waals surface area contributed by atoms with Crippen LogP contribution < -0.4 is 4.90 Å². The van der Waals surface area contributed by atoms with E-state index in [2.05, 4.69) is 110 Å². The van der Waals surface area contributed by atoms with E-state index >= 15 is 0 Å². The van der Waals surface area contributed by atoms with E-state index in [1.807, 2.05) is 32.9 Å². The zero-order valence-electron chi connectivity index (χ0n) is 39.6. The molecule has 2 aromatic carbocycles. The molecule has 2 heterocycles. The molecule has 3 N–H and O–H groups in total. The largest absolute Gasteiger partial charge is 0.443 e. The summed E-state index contributed by atoms with van der Waals surface area (Å²) in [5.74, 6) is -0.199. The van der Waals surface area contributed by atoms with E-state index < -0.39 is 26.9 Å². The highest BCUT2D eigenvalue weighted by atomic mass is 32.3. The number of hydrogen-bond acceptors (Lipinski definition) is 8. The molecule has 0 unspecified atom stereocenters. The molecule has 348 valence electrons. The van der Waals surface area contributed by atoms with Crippen LogP contribution in [0.5, 0.6) is 0 Å². The van der Waals surface area contributed by atoms with E-state index in [-0.39, 0.29) is 15.1 Å². The number of rotatable bonds is 20. The molecule has 0 bridgehead atoms. The second kappa shape index (κ2) is 19.9. The van der Waals surface area contributed by atoms with Gasteiger partial charge >= 0.3 is 6.09 Å². The zero-order valence-corrected chi connectivity index (χ0v) is 41.2. The molecule has 0 saturated carbocycles. The Labute approximate surface area is 381 Å². The highest BCUT2D eigenvalue weighted by Gasteiger charge is 2.50. The number of quaternary nitrogens is 1. The molecule has 2 aromatic rings. The smallest absolute Gasteiger partial charge is 0.427 e. The fourth-order valence-electron chi connectivity index (χ4n) is 9.71. The first kappa shape index (κ1) is 50.4. The maximum Gasteiger partial charge on any atom is 0.427 e. The monoisotopic (exact) mass is 910 g/mol. The van der Waals surface area contributed by atoms with Gasteiger partial charge in [-0.3, -0.25) is 9.11 Å². The minimum Gasteiger partial charge on any atom is -0.443 e. The molecule has 63 heavy (non-hydrogen) atoms. The molecule has 0 radical (unpaired) electrons. The molecule has 5 rings (SSSR count). The van der Waals surface area contributed by atoms with Gasteiger partial charge in [-0.25, -0.2) is 13.9 Å². The number of ether oxygens (including phenoxy) is 1. The Morgan fingerprint density at radius 3 is 2.17 bits per heavy atom. The quantitative estimate of drug-likeness (QED) is 0.0224. The third-order valence-electron chi connectivity index (χ3n) is 13.3. The Morgan fingerprint density at radius 2 is 1.54 bits per heavy atom. The van der Waals surface area contributed by atoms with E-state index in [1.54, 1.807) is 20.8 Å². The van der Waals surface area contributed by atoms with Crippen LogP contribution in [0.2, 0.25) is 0 Å². The predicted octanol–water partition coefficient (Wildman–Crippen LogP) is 12.0. The van der Waals surface area contributed by atoms with Crippen molar-refractivity contribution in [2.24, 2.45) is 0 Å². The SMILES string of the molecule is CCCCC[N+]1=C(C=CC2=C(N(SOOO)C(=O)OC(C)(C)C)C(=CC=C3N(CCCCS(=O)(O)(O)[N+](CC)(CC)CC)c4ccccc4C3(C)C)CC2)C(C)(C)c2ccccc21. The summed E-state index contributed by atoms with van der Waals surface area (Å²) < 4.78 is 50.9. The lowest BCUT2D eigenvalue weighted by Gasteiger charge is -2.50. The fraction of sp³-hybridized carbons (Fsp3) is 0.551. The number of nitrogens with zero attached hydrogens (tertiary/aromatic N) is 4. The minimum atomic E-state index is -4.97. The Morgan fingerprint density at radius 1 is 0.889 bits per heavy atom. The number of amides is 1. The normalized spacial score (nSPS) is 19.3. The number of para-hydroxylation sites is 2. The summed E-state index contributed by atoms with van der Waals surface area (Å²) in [6.07, 6.45) is 13.3. The number of carbonyl (C=O) groups excluding carboxylic acids is 1. The van der Waals surface area contributed by atoms with Crippen molar-refractivity contribution < 1.29 is 45.9 Å². The van der Waals surface area contributed by atoms with Crippen molar-refractivity contribution in [2.45, 2.75) is 138 Å². The lowest BCUT2D eigenvalue weighted by Crippen LogP contribution is -2.66. The van der Waals surface area contributed by atoms with Gasteiger partial charge in [-0.05, 0) is 116 Å². The Kier molecular flexibility index (Phi) is 15.9. The van der Waals surface area contributed by atoms with Crippen molar-refractivity contribution in [3.05, 3.63) is 107 Å². The molecule has 0 saturated heterocycles. The fourth-order valence-corrected chi connectivity index (χ4v) is 12.9. The lowest BCUT2D eigenvalue weighted by atomic mass is 9.81. The van der Waals surface area contributed by atoms with Crippen molar-refractivity contribution in [3.63, 3.8) is 0 Å². The number of fused-ring (bicyclic) bond motifs is 2. The molecule has 2 aliphatic heterocycles. The lowest BCUT2D eigenvalue weighted by molar-refractivity contribution is -0.815. The van der Waals surface area contributed by atoms with Crippen molar-refractivity contribution in [2.75, 3.05) is 43.4 Å². The second-order valence-corrected chi connectivity index (χ2v) is 22.8. The van der Waals surface area contributed by atoms with Crippen molar-refractivity contribution >= 4 is 45.2 Å². The van der Waals surface area contributed by atoms with Crippen LogP contribution >= 0.6 is 12.2 Å². The van der Waals surface area contributed by atoms with E-state index in [0.717, 1.165) is 53.9 Å². The highest BCUT2D eigenvalue weighted by Crippen LogP contribution is 2.49. The van der Waals surface area contributed by atoms with Crippen LogP contribution in [0, 0.1) is 0 Å². The maximum absolute atomic E-state index is 14.1. The van der Waals surface area contributed by atoms with Crippen molar-refractivity contribution in [3.8, 4) is 0 Å². The van der Waals surface area contributed by atoms with Crippen molar-refractivity contribution in [1.29, 1.82) is 0 Å². The Hall–Kier alpha value is -3.60. The summed E-state index contributed by atoms with van der Waals surface area (Å²) in [4.78, 5) is 16.3. The molecule has 0 fully saturated rings. The molecule has 12 nitrogen and oxygen atoms in total. The van der Waals surface area contributed by atoms with Gasteiger partial charge in [0.2, 0.25) is 15.5 Å². The van der Waals surface area contributed by atoms with Crippen LogP contribution in [-0.2, 0) is 34.8 Å². The number of hydrogen-bond donors (Lipinski definition) is 3. The highest BCUT2D eigenvalue weighted by molar-refractivity contribution is 8.05. The zero-order chi connectivity index (χ0) is 46.5. The van der Waals surface area contributed by atoms with Gasteiger partial charge in [-0.1, -0.05) is 80.8 Å². The van der Waals surface area contributed by atoms with Crippen LogP contribution in [0.4, 0.5) is 16.2 Å². The third kappa shape index (κ3) is 10.4. The molecule has 14 heteroatoms. The number of benzene rings is 2. The average Bonchev–Trinajstić information content (AvgIpc) is 3.79. The summed E-state index contributed by atoms with van der Waals surface area (Å²) >= 11 is 0.547. The molecule has 1 amide bonds. The Balaban J connectivity index is 1.59. The summed E-state index contributed by atoms with van der Waals surface area (Å²) in [5.41, 5.74) is 7.75. The van der Waals surface area contributed by atoms with E-state index in [4.69, 9.17) is 9.07 Å². The van der Waals surface area contributed by atoms with Gasteiger partial charge in [-0.15, -0.1) is 4.33 Å². The first-order chi connectivity index (χ1) is 29.6. The summed E-state index contributed by atoms with van der Waals surface area (Å²) in [5, 5.41) is 13.4. The van der Waals surface area contributed by atoms with Gasteiger partial charge in [0.05, 0.1) is 36.5 Å². The van der Waals surface area contributed by atoms with Gasteiger partial charge < -0.3 is 9.64 Å². The van der Waals surface area contributed by atoms with Gasteiger partial charge in [-0.2, -0.15) is 13.1 Å². The van der Waals surface area contributed by atoms with Crippen LogP contribution in [0.1, 0.15) is 132 Å². The summed E-state index contributed by atoms with van der Waals surface area (Å²) in [6.45, 7) is 24.6. The molecular weight excluding hydrogens is 837 g/mol. The topological polar surface area (TPSA) is 132 Å². The van der Waals surface area contributed by atoms with E-state index in [9.17, 15) is 23.4 Å². The van der Waals surface area contributed by atoms with Crippen LogP contribution in [0.3, 0.4) is 0 Å². The standard InChI is InChI=1S/C49H72N4O8S2/c1-12-16-21-34-50-41-26-19-17-24-39(41)48(8,9)43(50)32-30-37-28-29-38(45(37)52(62-61-60-55)46(54)59-47(5,6)7)31-33-44-49(10,11)40-25-18-20-27-42(40)51(44)35-22-23-36-63(56,57,58)53(13-2,14-3)15-4/h17-20,24-27,30-33H,12-16,21-23,28-29,34-36H2,1-11H3,(H-2,55,56,57,58)/p+2. The van der Waals surface area contributed by atoms with Gasteiger partial charge in [0.15, 0.2) is 17.9 Å². The van der Waals surface area contributed by atoms with Crippen LogP contribution in [-0.4, -0.2) is 87.2 Å². The first-order valence-electron chi connectivity index (χ1n) is 22.7. The summed E-state index contributed by atoms with van der Waals surface area (Å²) in [7, 11) is -4.97. The van der Waals surface area contributed by atoms with Crippen LogP contribution in [0.25, 0.3) is 0 Å². The molecule has 1 aliphatic carbocycles. The number of unbranched alkanes of at least 4 members (excludes halogenated alkanes) is 3. The number of carbonyl (C=O) groups is 1. The van der Waals surface area contributed by atoms with Gasteiger partial charge in [0.25, 0.3) is 0 Å². The Bertz CT molecular complexity index is 2200. The minimum absolute atomic E-state index is 0.199. The van der Waals surface area contributed by atoms with Crippen molar-refractivity contribution in [1.82, 2.24) is 4.31 Å². The third-order valence-corrected chi connectivity index (χ3v) is 17.2. The number of anilines is 1. The summed E-state index contributed by atoms with van der Waals surface area (Å²) in [6, 6.07) is 16.9. The second-order valence-electron chi connectivity index (χ2n) is 19.0. The molecule has 3 aliphatic rings. The van der Waals surface area contributed by atoms with Gasteiger partial charge in [0, 0.05) is 47.5 Å². The van der Waals surface area contributed by atoms with Crippen LogP contribution in [0.15, 0.2) is 95.4 Å². The predicted molar refractivity (Wildman–Crippen MR) is 257 cm³/mol. The molecular formula is C49H74N4O8S2+2. The average molecular weight is 911 g/mol. The molecule has 0 atom stereocenters. The number of allylic oxidation sites excluding steroid dienone is 7. The molecule has 0 spiro atoms. The molecule has 0 aromatic heterocycles. The van der Waals surface area contributed by atoms with E-state index in [1.165, 1.54) is 21.3 Å². The first-order valence-corrected chi connectivity index (χ1v) is 25.5. The maximum atomic E-state index is 14.1. The van der Waals surface area contributed by atoms with Gasteiger partial charge in [0.1, 0.15) is 12.1 Å². The van der Waals surface area contributed by atoms with E-state index in [0.29, 0.717) is 69.8 Å².